The summed E-state index contributed by atoms with van der Waals surface area (Å²) < 4.78 is 5.30. The molecule has 1 N–H and O–H groups in total. The van der Waals surface area contributed by atoms with Crippen LogP contribution in [-0.4, -0.2) is 23.2 Å². The van der Waals surface area contributed by atoms with Crippen LogP contribution in [0.1, 0.15) is 61.9 Å². The van der Waals surface area contributed by atoms with E-state index in [1.165, 1.54) is 49.0 Å². The molecule has 1 aromatic carbocycles. The second-order valence-electron chi connectivity index (χ2n) is 7.29. The fraction of sp³-hybridized carbons (Fsp3) is 0.500. The minimum Gasteiger partial charge on any atom is -0.497 e. The minimum absolute atomic E-state index is 0.198. The molecule has 3 nitrogen and oxygen atoms in total. The number of hydrogen-bond donors (Lipinski definition) is 1. The van der Waals surface area contributed by atoms with E-state index in [2.05, 4.69) is 46.8 Å². The summed E-state index contributed by atoms with van der Waals surface area (Å²) in [5.74, 6) is 0.884. The molecule has 0 aliphatic heterocycles. The Hall–Kier alpha value is -1.59. The Kier molecular flexibility index (Phi) is 7.53. The summed E-state index contributed by atoms with van der Waals surface area (Å²) in [7, 11) is 1.70. The molecule has 0 spiro atoms. The smallest absolute Gasteiger partial charge is 0.169 e. The lowest BCUT2D eigenvalue weighted by molar-refractivity contribution is 0.319. The highest BCUT2D eigenvalue weighted by atomic mass is 32.1. The van der Waals surface area contributed by atoms with Gasteiger partial charge in [0.2, 0.25) is 0 Å². The van der Waals surface area contributed by atoms with Gasteiger partial charge < -0.3 is 15.0 Å². The predicted octanol–water partition coefficient (Wildman–Crippen LogP) is 5.92. The Balaban J connectivity index is 1.75. The maximum Gasteiger partial charge on any atom is 0.169 e. The molecule has 1 saturated carbocycles. The monoisotopic (exact) mass is 402 g/mol. The van der Waals surface area contributed by atoms with E-state index >= 15 is 0 Å². The second kappa shape index (κ2) is 10.1. The zero-order valence-electron chi connectivity index (χ0n) is 16.3. The fourth-order valence-corrected chi connectivity index (χ4v) is 4.79. The summed E-state index contributed by atoms with van der Waals surface area (Å²) in [6, 6.07) is 13.3. The van der Waals surface area contributed by atoms with E-state index in [0.29, 0.717) is 6.04 Å². The molecule has 1 aliphatic rings. The summed E-state index contributed by atoms with van der Waals surface area (Å²) >= 11 is 7.68. The quantitative estimate of drug-likeness (QED) is 0.479. The number of rotatable bonds is 6. The van der Waals surface area contributed by atoms with E-state index in [-0.39, 0.29) is 6.04 Å². The fourth-order valence-electron chi connectivity index (χ4n) is 3.70. The number of hydrogen-bond acceptors (Lipinski definition) is 3. The zero-order valence-corrected chi connectivity index (χ0v) is 18.0. The van der Waals surface area contributed by atoms with Gasteiger partial charge in [0.05, 0.1) is 19.7 Å². The molecule has 27 heavy (non-hydrogen) atoms. The van der Waals surface area contributed by atoms with Crippen LogP contribution in [0, 0.1) is 0 Å². The molecular formula is C22H30N2OS2. The van der Waals surface area contributed by atoms with Crippen molar-refractivity contribution in [2.75, 3.05) is 7.11 Å². The first kappa shape index (κ1) is 20.2. The van der Waals surface area contributed by atoms with Crippen LogP contribution in [-0.2, 0) is 6.54 Å². The van der Waals surface area contributed by atoms with Crippen LogP contribution in [0.5, 0.6) is 5.75 Å². The van der Waals surface area contributed by atoms with E-state index < -0.39 is 0 Å². The Bertz CT molecular complexity index is 692. The van der Waals surface area contributed by atoms with Gasteiger partial charge in [0.1, 0.15) is 5.75 Å². The molecule has 1 aliphatic carbocycles. The topological polar surface area (TPSA) is 24.5 Å². The molecule has 0 saturated heterocycles. The van der Waals surface area contributed by atoms with Crippen molar-refractivity contribution in [2.45, 2.75) is 64.1 Å². The van der Waals surface area contributed by atoms with Gasteiger partial charge in [-0.05, 0) is 61.1 Å². The molecule has 0 amide bonds. The third-order valence-corrected chi connectivity index (χ3v) is 6.63. The zero-order chi connectivity index (χ0) is 19.1. The van der Waals surface area contributed by atoms with Crippen LogP contribution in [0.4, 0.5) is 0 Å². The highest BCUT2D eigenvalue weighted by molar-refractivity contribution is 7.80. The van der Waals surface area contributed by atoms with Crippen LogP contribution in [0.3, 0.4) is 0 Å². The van der Waals surface area contributed by atoms with E-state index in [4.69, 9.17) is 17.0 Å². The molecule has 5 heteroatoms. The van der Waals surface area contributed by atoms with E-state index in [1.54, 1.807) is 18.4 Å². The normalized spacial score (nSPS) is 16.4. The van der Waals surface area contributed by atoms with Crippen molar-refractivity contribution < 1.29 is 4.74 Å². The van der Waals surface area contributed by atoms with Crippen molar-refractivity contribution in [3.05, 3.63) is 52.2 Å². The third kappa shape index (κ3) is 5.69. The Morgan fingerprint density at radius 2 is 1.89 bits per heavy atom. The molecule has 146 valence electrons. The van der Waals surface area contributed by atoms with E-state index in [1.807, 2.05) is 12.1 Å². The van der Waals surface area contributed by atoms with Crippen molar-refractivity contribution in [1.82, 2.24) is 10.2 Å². The van der Waals surface area contributed by atoms with Crippen LogP contribution < -0.4 is 10.1 Å². The number of ether oxygens (including phenoxy) is 1. The summed E-state index contributed by atoms with van der Waals surface area (Å²) in [5, 5.41) is 6.69. The lowest BCUT2D eigenvalue weighted by atomic mass is 10.1. The molecule has 0 radical (unpaired) electrons. The number of methoxy groups -OCH3 is 1. The van der Waals surface area contributed by atoms with E-state index in [9.17, 15) is 0 Å². The van der Waals surface area contributed by atoms with Gasteiger partial charge in [-0.2, -0.15) is 0 Å². The number of nitrogens with zero attached hydrogens (tertiary/aromatic N) is 1. The highest BCUT2D eigenvalue weighted by Gasteiger charge is 2.22. The van der Waals surface area contributed by atoms with Gasteiger partial charge in [0.15, 0.2) is 5.11 Å². The van der Waals surface area contributed by atoms with Crippen molar-refractivity contribution in [1.29, 1.82) is 0 Å². The molecule has 1 atom stereocenters. The van der Waals surface area contributed by atoms with Gasteiger partial charge >= 0.3 is 0 Å². The predicted molar refractivity (Wildman–Crippen MR) is 118 cm³/mol. The molecular weight excluding hydrogens is 372 g/mol. The number of thiophene rings is 1. The van der Waals surface area contributed by atoms with Crippen molar-refractivity contribution >= 4 is 28.7 Å². The second-order valence-corrected chi connectivity index (χ2v) is 8.71. The Morgan fingerprint density at radius 1 is 1.19 bits per heavy atom. The summed E-state index contributed by atoms with van der Waals surface area (Å²) in [4.78, 5) is 3.66. The number of nitrogens with one attached hydrogen (secondary N) is 1. The average molecular weight is 403 g/mol. The number of thiocarbonyl (C=S) groups is 1. The molecule has 2 aromatic rings. The van der Waals surface area contributed by atoms with Crippen molar-refractivity contribution in [3.8, 4) is 5.75 Å². The van der Waals surface area contributed by atoms with Crippen molar-refractivity contribution in [3.63, 3.8) is 0 Å². The van der Waals surface area contributed by atoms with Gasteiger partial charge in [-0.1, -0.05) is 43.9 Å². The standard InChI is InChI=1S/C22H30N2OS2/c1-17(18-11-13-20(25-2)14-12-18)24(16-21-10-7-15-27-21)22(26)23-19-8-5-3-4-6-9-19/h7,10-15,17,19H,3-6,8-9,16H2,1-2H3,(H,23,26)/t17-/m0/s1. The largest absolute Gasteiger partial charge is 0.497 e. The summed E-state index contributed by atoms with van der Waals surface area (Å²) in [5.41, 5.74) is 1.25. The van der Waals surface area contributed by atoms with Crippen LogP contribution in [0.25, 0.3) is 0 Å². The summed E-state index contributed by atoms with van der Waals surface area (Å²) in [6.07, 6.45) is 7.77. The molecule has 1 aromatic heterocycles. The average Bonchev–Trinajstić information content (AvgIpc) is 3.08. The van der Waals surface area contributed by atoms with Crippen LogP contribution in [0.15, 0.2) is 41.8 Å². The minimum atomic E-state index is 0.198. The first-order valence-electron chi connectivity index (χ1n) is 9.91. The maximum atomic E-state index is 5.89. The lowest BCUT2D eigenvalue weighted by Gasteiger charge is -2.34. The molecule has 0 unspecified atom stereocenters. The van der Waals surface area contributed by atoms with Crippen LogP contribution in [0.2, 0.25) is 0 Å². The van der Waals surface area contributed by atoms with Gasteiger partial charge in [-0.15, -0.1) is 11.3 Å². The Labute approximate surface area is 172 Å². The first-order chi connectivity index (χ1) is 13.2. The Morgan fingerprint density at radius 3 is 2.48 bits per heavy atom. The SMILES string of the molecule is COc1ccc([C@H](C)N(Cc2cccs2)C(=S)NC2CCCCCC2)cc1. The molecule has 0 bridgehead atoms. The highest BCUT2D eigenvalue weighted by Crippen LogP contribution is 2.26. The van der Waals surface area contributed by atoms with Gasteiger partial charge in [0.25, 0.3) is 0 Å². The van der Waals surface area contributed by atoms with Crippen LogP contribution >= 0.6 is 23.6 Å². The van der Waals surface area contributed by atoms with Gasteiger partial charge in [0, 0.05) is 10.9 Å². The summed E-state index contributed by atoms with van der Waals surface area (Å²) in [6.45, 7) is 3.07. The molecule has 1 fully saturated rings. The third-order valence-electron chi connectivity index (χ3n) is 5.42. The first-order valence-corrected chi connectivity index (χ1v) is 11.2. The maximum absolute atomic E-state index is 5.89. The van der Waals surface area contributed by atoms with Gasteiger partial charge in [-0.3, -0.25) is 0 Å². The lowest BCUT2D eigenvalue weighted by Crippen LogP contribution is -2.45. The van der Waals surface area contributed by atoms with E-state index in [0.717, 1.165) is 17.4 Å². The molecule has 1 heterocycles. The van der Waals surface area contributed by atoms with Crippen molar-refractivity contribution in [2.24, 2.45) is 0 Å². The number of benzene rings is 1. The van der Waals surface area contributed by atoms with Gasteiger partial charge in [-0.25, -0.2) is 0 Å². The molecule has 3 rings (SSSR count).